The second kappa shape index (κ2) is 4.63. The maximum atomic E-state index is 10.5. The highest BCUT2D eigenvalue weighted by Crippen LogP contribution is 2.02. The van der Waals surface area contributed by atoms with Gasteiger partial charge in [0, 0.05) is 0 Å². The van der Waals surface area contributed by atoms with Crippen molar-refractivity contribution in [3.63, 3.8) is 0 Å². The molecule has 0 bridgehead atoms. The fourth-order valence-electron chi connectivity index (χ4n) is 0.534. The summed E-state index contributed by atoms with van der Waals surface area (Å²) in [6.45, 7) is -0.806. The molecule has 0 rings (SSSR count). The third kappa shape index (κ3) is 4.29. The number of hydrogen-bond donors (Lipinski definition) is 4. The number of aliphatic hydroxyl groups excluding tert-OH is 3. The Morgan fingerprint density at radius 2 is 1.69 bits per heavy atom. The van der Waals surface area contributed by atoms with Crippen molar-refractivity contribution in [3.8, 4) is 0 Å². The van der Waals surface area contributed by atoms with Gasteiger partial charge in [0.15, 0.2) is 0 Å². The lowest BCUT2D eigenvalue weighted by Gasteiger charge is -2.13. The van der Waals surface area contributed by atoms with Gasteiger partial charge in [-0.2, -0.15) is 8.42 Å². The molecule has 0 saturated heterocycles. The quantitative estimate of drug-likeness (QED) is 0.380. The standard InChI is InChI=1S/C5H10O7S/c6-2-4(8)3(7)1-5(9)13(10,11)12/h3-4,6-8H,1-2H2,(H,10,11,12)/t3-,4+/m0/s1. The summed E-state index contributed by atoms with van der Waals surface area (Å²) in [6.07, 6.45) is -4.27. The molecule has 7 nitrogen and oxygen atoms in total. The third-order valence-corrected chi connectivity index (χ3v) is 2.04. The fourth-order valence-corrected chi connectivity index (χ4v) is 0.915. The first-order chi connectivity index (χ1) is 5.79. The molecule has 8 heteroatoms. The van der Waals surface area contributed by atoms with Gasteiger partial charge in [-0.15, -0.1) is 0 Å². The van der Waals surface area contributed by atoms with Crippen molar-refractivity contribution in [2.75, 3.05) is 6.61 Å². The van der Waals surface area contributed by atoms with E-state index in [-0.39, 0.29) is 0 Å². The lowest BCUT2D eigenvalue weighted by atomic mass is 10.2. The van der Waals surface area contributed by atoms with Gasteiger partial charge in [-0.05, 0) is 0 Å². The Balaban J connectivity index is 4.23. The van der Waals surface area contributed by atoms with Crippen LogP contribution in [0.25, 0.3) is 0 Å². The molecule has 2 atom stereocenters. The predicted molar refractivity (Wildman–Crippen MR) is 40.3 cm³/mol. The molecule has 13 heavy (non-hydrogen) atoms. The Kier molecular flexibility index (Phi) is 4.44. The summed E-state index contributed by atoms with van der Waals surface area (Å²) in [5.41, 5.74) is 0. The van der Waals surface area contributed by atoms with Crippen LogP contribution in [0.4, 0.5) is 0 Å². The fraction of sp³-hybridized carbons (Fsp3) is 0.800. The van der Waals surface area contributed by atoms with Gasteiger partial charge in [0.2, 0.25) is 0 Å². The molecule has 0 aliphatic rings. The molecular formula is C5H10O7S. The third-order valence-electron chi connectivity index (χ3n) is 1.29. The summed E-state index contributed by atoms with van der Waals surface area (Å²) < 4.78 is 28.4. The SMILES string of the molecule is O=C(C[C@H](O)[C@H](O)CO)S(=O)(=O)O. The van der Waals surface area contributed by atoms with Crippen molar-refractivity contribution in [2.45, 2.75) is 18.6 Å². The Morgan fingerprint density at radius 3 is 2.00 bits per heavy atom. The molecule has 0 unspecified atom stereocenters. The van der Waals surface area contributed by atoms with E-state index in [4.69, 9.17) is 19.9 Å². The number of aliphatic hydroxyl groups is 3. The molecule has 0 spiro atoms. The summed E-state index contributed by atoms with van der Waals surface area (Å²) in [6, 6.07) is 0. The number of carbonyl (C=O) groups excluding carboxylic acids is 1. The smallest absolute Gasteiger partial charge is 0.328 e. The number of hydrogen-bond acceptors (Lipinski definition) is 6. The van der Waals surface area contributed by atoms with Gasteiger partial charge in [-0.3, -0.25) is 9.35 Å². The molecule has 0 fully saturated rings. The van der Waals surface area contributed by atoms with Crippen molar-refractivity contribution in [1.29, 1.82) is 0 Å². The lowest BCUT2D eigenvalue weighted by molar-refractivity contribution is -0.116. The van der Waals surface area contributed by atoms with Gasteiger partial charge in [0.25, 0.3) is 5.12 Å². The Labute approximate surface area is 74.4 Å². The number of rotatable bonds is 4. The van der Waals surface area contributed by atoms with E-state index < -0.39 is 40.5 Å². The van der Waals surface area contributed by atoms with E-state index >= 15 is 0 Å². The van der Waals surface area contributed by atoms with Crippen molar-refractivity contribution >= 4 is 15.2 Å². The van der Waals surface area contributed by atoms with Crippen LogP contribution in [0.15, 0.2) is 0 Å². The highest BCUT2D eigenvalue weighted by atomic mass is 32.2. The first kappa shape index (κ1) is 12.5. The minimum Gasteiger partial charge on any atom is -0.394 e. The molecular weight excluding hydrogens is 204 g/mol. The molecule has 0 radical (unpaired) electrons. The topological polar surface area (TPSA) is 132 Å². The molecule has 0 amide bonds. The molecule has 0 aliphatic carbocycles. The monoisotopic (exact) mass is 214 g/mol. The van der Waals surface area contributed by atoms with Crippen molar-refractivity contribution in [1.82, 2.24) is 0 Å². The van der Waals surface area contributed by atoms with Gasteiger partial charge in [0.1, 0.15) is 6.10 Å². The van der Waals surface area contributed by atoms with Crippen molar-refractivity contribution in [3.05, 3.63) is 0 Å². The summed E-state index contributed by atoms with van der Waals surface area (Å²) >= 11 is 0. The zero-order valence-corrected chi connectivity index (χ0v) is 7.31. The highest BCUT2D eigenvalue weighted by molar-refractivity contribution is 8.01. The van der Waals surface area contributed by atoms with Crippen molar-refractivity contribution in [2.24, 2.45) is 0 Å². The van der Waals surface area contributed by atoms with Gasteiger partial charge in [0.05, 0.1) is 19.1 Å². The number of carbonyl (C=O) groups is 1. The zero-order chi connectivity index (χ0) is 10.6. The van der Waals surface area contributed by atoms with Crippen LogP contribution >= 0.6 is 0 Å². The molecule has 0 aliphatic heterocycles. The maximum absolute atomic E-state index is 10.5. The summed E-state index contributed by atoms with van der Waals surface area (Å²) in [4.78, 5) is 10.5. The molecule has 0 aromatic heterocycles. The van der Waals surface area contributed by atoms with Gasteiger partial charge < -0.3 is 15.3 Å². The Hall–Kier alpha value is -0.540. The Bertz CT molecular complexity index is 269. The molecule has 4 N–H and O–H groups in total. The first-order valence-electron chi connectivity index (χ1n) is 3.26. The van der Waals surface area contributed by atoms with Crippen LogP contribution in [0, 0.1) is 0 Å². The summed E-state index contributed by atoms with van der Waals surface area (Å²) in [5, 5.41) is 24.2. The van der Waals surface area contributed by atoms with E-state index in [9.17, 15) is 13.2 Å². The van der Waals surface area contributed by atoms with Gasteiger partial charge >= 0.3 is 10.1 Å². The summed E-state index contributed by atoms with van der Waals surface area (Å²) in [7, 11) is -4.83. The molecule has 78 valence electrons. The van der Waals surface area contributed by atoms with E-state index in [1.165, 1.54) is 0 Å². The van der Waals surface area contributed by atoms with Crippen LogP contribution in [0.3, 0.4) is 0 Å². The van der Waals surface area contributed by atoms with Crippen LogP contribution in [0.1, 0.15) is 6.42 Å². The summed E-state index contributed by atoms with van der Waals surface area (Å²) in [5.74, 6) is 0. The second-order valence-electron chi connectivity index (χ2n) is 2.37. The van der Waals surface area contributed by atoms with Crippen LogP contribution in [-0.2, 0) is 14.9 Å². The van der Waals surface area contributed by atoms with Crippen LogP contribution in [0.2, 0.25) is 0 Å². The molecule has 0 saturated carbocycles. The molecule has 0 heterocycles. The zero-order valence-electron chi connectivity index (χ0n) is 6.49. The average molecular weight is 214 g/mol. The van der Waals surface area contributed by atoms with Crippen molar-refractivity contribution < 1.29 is 33.1 Å². The normalized spacial score (nSPS) is 16.6. The van der Waals surface area contributed by atoms with E-state index in [1.54, 1.807) is 0 Å². The van der Waals surface area contributed by atoms with Crippen LogP contribution in [0.5, 0.6) is 0 Å². The Morgan fingerprint density at radius 1 is 1.23 bits per heavy atom. The molecule has 0 aromatic rings. The maximum Gasteiger partial charge on any atom is 0.328 e. The lowest BCUT2D eigenvalue weighted by Crippen LogP contribution is -2.33. The van der Waals surface area contributed by atoms with Crippen LogP contribution < -0.4 is 0 Å². The van der Waals surface area contributed by atoms with Crippen LogP contribution in [-0.4, -0.2) is 52.2 Å². The highest BCUT2D eigenvalue weighted by Gasteiger charge is 2.25. The van der Waals surface area contributed by atoms with E-state index in [1.807, 2.05) is 0 Å². The van der Waals surface area contributed by atoms with E-state index in [0.29, 0.717) is 0 Å². The predicted octanol–water partition coefficient (Wildman–Crippen LogP) is -2.49. The van der Waals surface area contributed by atoms with Gasteiger partial charge in [-0.1, -0.05) is 0 Å². The molecule has 0 aromatic carbocycles. The minimum atomic E-state index is -4.83. The van der Waals surface area contributed by atoms with E-state index in [0.717, 1.165) is 0 Å². The first-order valence-corrected chi connectivity index (χ1v) is 4.70. The van der Waals surface area contributed by atoms with Gasteiger partial charge in [-0.25, -0.2) is 0 Å². The second-order valence-corrected chi connectivity index (χ2v) is 3.77. The minimum absolute atomic E-state index is 0.806. The van der Waals surface area contributed by atoms with E-state index in [2.05, 4.69) is 0 Å². The largest absolute Gasteiger partial charge is 0.394 e. The average Bonchev–Trinajstić information content (AvgIpc) is 2.01.